The number of hydrogen-bond acceptors (Lipinski definition) is 3. The molecular weight excluding hydrogens is 302 g/mol. The van der Waals surface area contributed by atoms with E-state index in [2.05, 4.69) is 0 Å². The molecular formula is C20H19NO3. The van der Waals surface area contributed by atoms with Gasteiger partial charge in [0.2, 0.25) is 5.91 Å². The standard InChI is InChI=1S/C20H19NO3/c22-19-9-4-14-21(19)18-12-10-17(11-13-18)20(23)24-15-5-8-16-6-2-1-3-7-16/h1-3,5-8,10-13H,4,9,14-15H2/b8-5-. The first-order valence-electron chi connectivity index (χ1n) is 8.03. The summed E-state index contributed by atoms with van der Waals surface area (Å²) in [5, 5.41) is 0. The van der Waals surface area contributed by atoms with Crippen molar-refractivity contribution in [3.05, 3.63) is 71.8 Å². The van der Waals surface area contributed by atoms with Crippen LogP contribution in [0.2, 0.25) is 0 Å². The summed E-state index contributed by atoms with van der Waals surface area (Å²) in [6.07, 6.45) is 5.20. The van der Waals surface area contributed by atoms with Crippen molar-refractivity contribution in [2.24, 2.45) is 0 Å². The topological polar surface area (TPSA) is 46.6 Å². The number of benzene rings is 2. The molecule has 4 heteroatoms. The van der Waals surface area contributed by atoms with E-state index in [4.69, 9.17) is 4.74 Å². The van der Waals surface area contributed by atoms with Gasteiger partial charge < -0.3 is 9.64 Å². The number of ether oxygens (including phenoxy) is 1. The van der Waals surface area contributed by atoms with Crippen molar-refractivity contribution >= 4 is 23.6 Å². The quantitative estimate of drug-likeness (QED) is 0.789. The van der Waals surface area contributed by atoms with Crippen LogP contribution in [0, 0.1) is 0 Å². The van der Waals surface area contributed by atoms with Gasteiger partial charge >= 0.3 is 5.97 Å². The SMILES string of the molecule is O=C(OC/C=C\c1ccccc1)c1ccc(N2CCCC2=O)cc1. The van der Waals surface area contributed by atoms with E-state index in [1.54, 1.807) is 29.2 Å². The van der Waals surface area contributed by atoms with Crippen LogP contribution in [-0.2, 0) is 9.53 Å². The van der Waals surface area contributed by atoms with Crippen LogP contribution >= 0.6 is 0 Å². The lowest BCUT2D eigenvalue weighted by molar-refractivity contribution is -0.117. The minimum atomic E-state index is -0.369. The van der Waals surface area contributed by atoms with E-state index < -0.39 is 0 Å². The fourth-order valence-corrected chi connectivity index (χ4v) is 2.65. The smallest absolute Gasteiger partial charge is 0.338 e. The Labute approximate surface area is 141 Å². The zero-order chi connectivity index (χ0) is 16.8. The van der Waals surface area contributed by atoms with Crippen molar-refractivity contribution < 1.29 is 14.3 Å². The summed E-state index contributed by atoms with van der Waals surface area (Å²) in [6.45, 7) is 0.965. The summed E-state index contributed by atoms with van der Waals surface area (Å²) in [4.78, 5) is 25.5. The maximum Gasteiger partial charge on any atom is 0.338 e. The Kier molecular flexibility index (Phi) is 5.06. The van der Waals surface area contributed by atoms with E-state index in [-0.39, 0.29) is 18.5 Å². The lowest BCUT2D eigenvalue weighted by atomic mass is 10.2. The Morgan fingerprint density at radius 3 is 2.50 bits per heavy atom. The monoisotopic (exact) mass is 321 g/mol. The summed E-state index contributed by atoms with van der Waals surface area (Å²) >= 11 is 0. The summed E-state index contributed by atoms with van der Waals surface area (Å²) in [6, 6.07) is 16.8. The van der Waals surface area contributed by atoms with Gasteiger partial charge in [-0.2, -0.15) is 0 Å². The highest BCUT2D eigenvalue weighted by atomic mass is 16.5. The van der Waals surface area contributed by atoms with Crippen LogP contribution in [0.25, 0.3) is 6.08 Å². The first-order valence-corrected chi connectivity index (χ1v) is 8.03. The van der Waals surface area contributed by atoms with Crippen LogP contribution < -0.4 is 4.90 Å². The normalized spacial score (nSPS) is 14.3. The molecule has 2 aromatic carbocycles. The van der Waals surface area contributed by atoms with Gasteiger partial charge in [0.1, 0.15) is 6.61 Å². The molecule has 2 aromatic rings. The molecule has 0 spiro atoms. The van der Waals surface area contributed by atoms with Crippen molar-refractivity contribution in [1.29, 1.82) is 0 Å². The molecule has 0 unspecified atom stereocenters. The Morgan fingerprint density at radius 1 is 1.08 bits per heavy atom. The zero-order valence-electron chi connectivity index (χ0n) is 13.4. The van der Waals surface area contributed by atoms with Crippen LogP contribution in [0.15, 0.2) is 60.7 Å². The van der Waals surface area contributed by atoms with Gasteiger partial charge in [-0.15, -0.1) is 0 Å². The van der Waals surface area contributed by atoms with Crippen LogP contribution in [-0.4, -0.2) is 25.0 Å². The first kappa shape index (κ1) is 16.0. The van der Waals surface area contributed by atoms with Crippen molar-refractivity contribution in [2.75, 3.05) is 18.1 Å². The van der Waals surface area contributed by atoms with Crippen molar-refractivity contribution in [3.8, 4) is 0 Å². The van der Waals surface area contributed by atoms with Gasteiger partial charge in [-0.3, -0.25) is 4.79 Å². The van der Waals surface area contributed by atoms with Crippen molar-refractivity contribution in [2.45, 2.75) is 12.8 Å². The second-order valence-corrected chi connectivity index (χ2v) is 5.61. The van der Waals surface area contributed by atoms with Crippen LogP contribution in [0.4, 0.5) is 5.69 Å². The number of amides is 1. The third-order valence-corrected chi connectivity index (χ3v) is 3.91. The third-order valence-electron chi connectivity index (χ3n) is 3.91. The zero-order valence-corrected chi connectivity index (χ0v) is 13.4. The molecule has 0 saturated carbocycles. The summed E-state index contributed by atoms with van der Waals surface area (Å²) in [7, 11) is 0. The molecule has 24 heavy (non-hydrogen) atoms. The van der Waals surface area contributed by atoms with Crippen LogP contribution in [0.1, 0.15) is 28.8 Å². The van der Waals surface area contributed by atoms with E-state index in [1.165, 1.54) is 0 Å². The predicted molar refractivity (Wildman–Crippen MR) is 93.8 cm³/mol. The van der Waals surface area contributed by atoms with Gasteiger partial charge in [0.15, 0.2) is 0 Å². The number of rotatable bonds is 5. The minimum absolute atomic E-state index is 0.136. The average Bonchev–Trinajstić information content (AvgIpc) is 3.05. The van der Waals surface area contributed by atoms with Gasteiger partial charge in [-0.1, -0.05) is 36.4 Å². The Bertz CT molecular complexity index is 735. The molecule has 0 bridgehead atoms. The number of nitrogens with zero attached hydrogens (tertiary/aromatic N) is 1. The van der Waals surface area contributed by atoms with Crippen LogP contribution in [0.5, 0.6) is 0 Å². The molecule has 0 aliphatic carbocycles. The lowest BCUT2D eigenvalue weighted by Crippen LogP contribution is -2.23. The molecule has 0 aromatic heterocycles. The maximum atomic E-state index is 12.0. The van der Waals surface area contributed by atoms with Gasteiger partial charge in [0.05, 0.1) is 5.56 Å². The highest BCUT2D eigenvalue weighted by Gasteiger charge is 2.21. The molecule has 1 amide bonds. The number of anilines is 1. The summed E-state index contributed by atoms with van der Waals surface area (Å²) in [5.74, 6) is -0.233. The highest BCUT2D eigenvalue weighted by molar-refractivity contribution is 5.96. The van der Waals surface area contributed by atoms with E-state index in [0.717, 1.165) is 24.2 Å². The third kappa shape index (κ3) is 3.90. The van der Waals surface area contributed by atoms with E-state index in [9.17, 15) is 9.59 Å². The number of carbonyl (C=O) groups excluding carboxylic acids is 2. The first-order chi connectivity index (χ1) is 11.7. The average molecular weight is 321 g/mol. The second-order valence-electron chi connectivity index (χ2n) is 5.61. The molecule has 0 atom stereocenters. The van der Waals surface area contributed by atoms with Gasteiger partial charge in [-0.25, -0.2) is 4.79 Å². The second kappa shape index (κ2) is 7.59. The van der Waals surface area contributed by atoms with Gasteiger partial charge in [0.25, 0.3) is 0 Å². The molecule has 1 aliphatic rings. The molecule has 0 radical (unpaired) electrons. The lowest BCUT2D eigenvalue weighted by Gasteiger charge is -2.15. The van der Waals surface area contributed by atoms with Crippen LogP contribution in [0.3, 0.4) is 0 Å². The Balaban J connectivity index is 1.53. The Hall–Kier alpha value is -2.88. The molecule has 1 heterocycles. The van der Waals surface area contributed by atoms with Gasteiger partial charge in [0, 0.05) is 18.7 Å². The van der Waals surface area contributed by atoms with Crippen molar-refractivity contribution in [1.82, 2.24) is 0 Å². The largest absolute Gasteiger partial charge is 0.458 e. The molecule has 1 fully saturated rings. The minimum Gasteiger partial charge on any atom is -0.458 e. The maximum absolute atomic E-state index is 12.0. The fraction of sp³-hybridized carbons (Fsp3) is 0.200. The molecule has 3 rings (SSSR count). The van der Waals surface area contributed by atoms with E-state index in [0.29, 0.717) is 12.0 Å². The predicted octanol–water partition coefficient (Wildman–Crippen LogP) is 3.68. The molecule has 122 valence electrons. The van der Waals surface area contributed by atoms with Gasteiger partial charge in [-0.05, 0) is 42.3 Å². The summed E-state index contributed by atoms with van der Waals surface area (Å²) < 4.78 is 5.23. The number of esters is 1. The highest BCUT2D eigenvalue weighted by Crippen LogP contribution is 2.21. The number of hydrogen-bond donors (Lipinski definition) is 0. The summed E-state index contributed by atoms with van der Waals surface area (Å²) in [5.41, 5.74) is 2.38. The number of carbonyl (C=O) groups is 2. The molecule has 4 nitrogen and oxygen atoms in total. The Morgan fingerprint density at radius 2 is 1.83 bits per heavy atom. The molecule has 1 aliphatic heterocycles. The van der Waals surface area contributed by atoms with E-state index in [1.807, 2.05) is 42.5 Å². The fourth-order valence-electron chi connectivity index (χ4n) is 2.65. The van der Waals surface area contributed by atoms with Crippen molar-refractivity contribution in [3.63, 3.8) is 0 Å². The molecule has 0 N–H and O–H groups in total. The van der Waals surface area contributed by atoms with E-state index >= 15 is 0 Å². The molecule has 1 saturated heterocycles.